The zero-order valence-corrected chi connectivity index (χ0v) is 20.1. The summed E-state index contributed by atoms with van der Waals surface area (Å²) in [5.74, 6) is -0.481. The van der Waals surface area contributed by atoms with Crippen molar-refractivity contribution in [3.8, 4) is 5.75 Å². The Hall–Kier alpha value is -2.80. The Morgan fingerprint density at radius 1 is 1.29 bits per heavy atom. The van der Waals surface area contributed by atoms with Gasteiger partial charge in [0.05, 0.1) is 19.3 Å². The summed E-state index contributed by atoms with van der Waals surface area (Å²) >= 11 is 0. The second-order valence-corrected chi connectivity index (χ2v) is 9.35. The maximum atomic E-state index is 13.5. The molecule has 35 heavy (non-hydrogen) atoms. The van der Waals surface area contributed by atoms with Crippen LogP contribution in [-0.2, 0) is 28.1 Å². The molecule has 0 radical (unpaired) electrons. The highest BCUT2D eigenvalue weighted by Gasteiger charge is 2.39. The van der Waals surface area contributed by atoms with E-state index in [9.17, 15) is 24.1 Å². The third-order valence-corrected chi connectivity index (χ3v) is 6.62. The second-order valence-electron chi connectivity index (χ2n) is 7.66. The summed E-state index contributed by atoms with van der Waals surface area (Å²) < 4.78 is 41.3. The number of rotatable bonds is 12. The molecule has 2 heterocycles. The van der Waals surface area contributed by atoms with Gasteiger partial charge in [-0.2, -0.15) is 5.09 Å². The van der Waals surface area contributed by atoms with Crippen LogP contribution in [0.5, 0.6) is 5.75 Å². The molecule has 2 aromatic rings. The zero-order valence-electron chi connectivity index (χ0n) is 19.2. The predicted octanol–water partition coefficient (Wildman–Crippen LogP) is 0.556. The number of nitrogens with zero attached hydrogens (tertiary/aromatic N) is 1. The van der Waals surface area contributed by atoms with E-state index in [1.54, 1.807) is 30.3 Å². The summed E-state index contributed by atoms with van der Waals surface area (Å²) in [7, 11) is -2.71. The van der Waals surface area contributed by atoms with E-state index >= 15 is 0 Å². The number of nitrogens with one attached hydrogen (secondary N) is 2. The van der Waals surface area contributed by atoms with Crippen LogP contribution in [0.4, 0.5) is 0 Å². The lowest BCUT2D eigenvalue weighted by Crippen LogP contribution is -2.37. The number of benzene rings is 1. The zero-order chi connectivity index (χ0) is 25.4. The van der Waals surface area contributed by atoms with Crippen LogP contribution in [0.25, 0.3) is 0 Å². The Labute approximate surface area is 200 Å². The van der Waals surface area contributed by atoms with Crippen LogP contribution in [0.15, 0.2) is 52.2 Å². The quantitative estimate of drug-likeness (QED) is 0.206. The van der Waals surface area contributed by atoms with Gasteiger partial charge in [-0.05, 0) is 19.1 Å². The van der Waals surface area contributed by atoms with Gasteiger partial charge < -0.3 is 23.8 Å². The molecule has 0 bridgehead atoms. The number of methoxy groups -OCH3 is 1. The van der Waals surface area contributed by atoms with Crippen molar-refractivity contribution < 1.29 is 37.7 Å². The molecule has 1 aliphatic rings. The molecule has 13 nitrogen and oxygen atoms in total. The lowest BCUT2D eigenvalue weighted by Gasteiger charge is -2.24. The predicted molar refractivity (Wildman–Crippen MR) is 122 cm³/mol. The first-order chi connectivity index (χ1) is 16.7. The Morgan fingerprint density at radius 3 is 2.71 bits per heavy atom. The van der Waals surface area contributed by atoms with Crippen molar-refractivity contribution in [1.82, 2.24) is 14.6 Å². The number of hydrogen-bond donors (Lipinski definition) is 3. The van der Waals surface area contributed by atoms with Gasteiger partial charge in [-0.15, -0.1) is 0 Å². The molecule has 14 heteroatoms. The van der Waals surface area contributed by atoms with E-state index in [0.29, 0.717) is 0 Å². The minimum Gasteiger partial charge on any atom is -0.462 e. The van der Waals surface area contributed by atoms with Crippen LogP contribution < -0.4 is 20.9 Å². The molecular weight excluding hydrogens is 485 g/mol. The van der Waals surface area contributed by atoms with Crippen molar-refractivity contribution in [2.75, 3.05) is 26.9 Å². The van der Waals surface area contributed by atoms with E-state index in [1.807, 2.05) is 0 Å². The van der Waals surface area contributed by atoms with Crippen molar-refractivity contribution in [3.05, 3.63) is 63.4 Å². The number of ether oxygens (including phenoxy) is 3. The van der Waals surface area contributed by atoms with Crippen LogP contribution in [0, 0.1) is 0 Å². The largest absolute Gasteiger partial charge is 0.462 e. The smallest absolute Gasteiger partial charge is 0.459 e. The van der Waals surface area contributed by atoms with Crippen LogP contribution in [0.2, 0.25) is 0 Å². The number of hydrogen-bond acceptors (Lipinski definition) is 10. The normalized spacial score (nSPS) is 22.3. The molecular formula is C21H28N3O10P. The van der Waals surface area contributed by atoms with Crippen LogP contribution >= 0.6 is 7.75 Å². The summed E-state index contributed by atoms with van der Waals surface area (Å²) in [5, 5.41) is 12.9. The molecule has 3 N–H and O–H groups in total. The van der Waals surface area contributed by atoms with Crippen molar-refractivity contribution in [1.29, 1.82) is 0 Å². The highest BCUT2D eigenvalue weighted by atomic mass is 31.2. The molecule has 0 spiro atoms. The van der Waals surface area contributed by atoms with Crippen molar-refractivity contribution in [3.63, 3.8) is 0 Å². The molecule has 1 aliphatic heterocycles. The van der Waals surface area contributed by atoms with Crippen LogP contribution in [-0.4, -0.2) is 65.8 Å². The third kappa shape index (κ3) is 7.59. The average Bonchev–Trinajstić information content (AvgIpc) is 3.18. The molecule has 3 rings (SSSR count). The first-order valence-corrected chi connectivity index (χ1v) is 12.3. The number of aromatic nitrogens is 2. The molecule has 0 aliphatic carbocycles. The van der Waals surface area contributed by atoms with E-state index in [4.69, 9.17) is 23.3 Å². The third-order valence-electron chi connectivity index (χ3n) is 4.98. The second kappa shape index (κ2) is 12.2. The Balaban J connectivity index is 1.68. The van der Waals surface area contributed by atoms with Gasteiger partial charge in [0, 0.05) is 25.8 Å². The average molecular weight is 513 g/mol. The molecule has 0 unspecified atom stereocenters. The van der Waals surface area contributed by atoms with Gasteiger partial charge >= 0.3 is 19.4 Å². The van der Waals surface area contributed by atoms with Gasteiger partial charge in [-0.25, -0.2) is 9.36 Å². The summed E-state index contributed by atoms with van der Waals surface area (Å²) in [6, 6.07) is 8.26. The molecule has 1 saturated heterocycles. The monoisotopic (exact) mass is 513 g/mol. The lowest BCUT2D eigenvalue weighted by atomic mass is 10.2. The van der Waals surface area contributed by atoms with Gasteiger partial charge in [0.15, 0.2) is 0 Å². The first kappa shape index (κ1) is 26.8. The minimum absolute atomic E-state index is 0.0136. The van der Waals surface area contributed by atoms with Gasteiger partial charge in [0.2, 0.25) is 0 Å². The van der Waals surface area contributed by atoms with Gasteiger partial charge in [-0.1, -0.05) is 18.2 Å². The van der Waals surface area contributed by atoms with E-state index in [-0.39, 0.29) is 25.4 Å². The number of esters is 1. The lowest BCUT2D eigenvalue weighted by molar-refractivity contribution is -0.146. The van der Waals surface area contributed by atoms with Crippen molar-refractivity contribution in [2.24, 2.45) is 0 Å². The summed E-state index contributed by atoms with van der Waals surface area (Å²) in [6.45, 7) is 1.25. The number of aromatic amines is 1. The maximum absolute atomic E-state index is 13.5. The Kier molecular flexibility index (Phi) is 9.38. The SMILES string of the molecule is COCCOC(=O)[C@H](C)N[P@](=O)(OC[C@H]1O[C@@H](n2ccc(=O)[nH]c2=O)C[C@@H]1O)Oc1ccccc1. The summed E-state index contributed by atoms with van der Waals surface area (Å²) in [4.78, 5) is 37.7. The highest BCUT2D eigenvalue weighted by molar-refractivity contribution is 7.52. The number of para-hydroxylation sites is 1. The number of carbonyl (C=O) groups is 1. The molecule has 0 saturated carbocycles. The van der Waals surface area contributed by atoms with Crippen LogP contribution in [0.3, 0.4) is 0 Å². The fourth-order valence-corrected chi connectivity index (χ4v) is 4.71. The Bertz CT molecular complexity index is 1140. The molecule has 192 valence electrons. The van der Waals surface area contributed by atoms with Crippen molar-refractivity contribution >= 4 is 13.7 Å². The fraction of sp³-hybridized carbons (Fsp3) is 0.476. The molecule has 1 fully saturated rings. The van der Waals surface area contributed by atoms with E-state index < -0.39 is 56.0 Å². The molecule has 1 aromatic carbocycles. The number of aliphatic hydroxyl groups is 1. The standard InChI is InChI=1S/C21H28N3O10P/c1-14(20(27)31-11-10-30-2)23-35(29,34-15-6-4-3-5-7-15)32-13-17-16(25)12-19(33-17)24-9-8-18(26)22-21(24)28/h3-9,14,16-17,19,25H,10-13H2,1-2H3,(H,23,29)(H,22,26,28)/t14-,16-,17+,19+,35-/m0/s1. The topological polar surface area (TPSA) is 167 Å². The van der Waals surface area contributed by atoms with E-state index in [1.165, 1.54) is 20.2 Å². The van der Waals surface area contributed by atoms with Crippen molar-refractivity contribution in [2.45, 2.75) is 37.8 Å². The number of carbonyl (C=O) groups excluding carboxylic acids is 1. The minimum atomic E-state index is -4.17. The van der Waals surface area contributed by atoms with E-state index in [0.717, 1.165) is 10.6 Å². The number of aliphatic hydroxyl groups excluding tert-OH is 1. The highest BCUT2D eigenvalue weighted by Crippen LogP contribution is 2.45. The molecule has 5 atom stereocenters. The molecule has 0 amide bonds. The Morgan fingerprint density at radius 2 is 2.03 bits per heavy atom. The van der Waals surface area contributed by atoms with Gasteiger partial charge in [0.25, 0.3) is 5.56 Å². The molecule has 1 aromatic heterocycles. The maximum Gasteiger partial charge on any atom is 0.459 e. The van der Waals surface area contributed by atoms with Crippen LogP contribution in [0.1, 0.15) is 19.6 Å². The first-order valence-electron chi connectivity index (χ1n) is 10.8. The fourth-order valence-electron chi connectivity index (χ4n) is 3.21. The number of H-pyrrole nitrogens is 1. The summed E-state index contributed by atoms with van der Waals surface area (Å²) in [5.41, 5.74) is -1.26. The van der Waals surface area contributed by atoms with Gasteiger partial charge in [0.1, 0.15) is 30.7 Å². The van der Waals surface area contributed by atoms with E-state index in [2.05, 4.69) is 10.1 Å². The van der Waals surface area contributed by atoms with Gasteiger partial charge in [-0.3, -0.25) is 23.7 Å². The summed E-state index contributed by atoms with van der Waals surface area (Å²) in [6.07, 6.45) is -1.64.